The monoisotopic (exact) mass is 324 g/mol. The molecule has 4 rings (SSSR count). The summed E-state index contributed by atoms with van der Waals surface area (Å²) >= 11 is 0. The van der Waals surface area contributed by atoms with Crippen LogP contribution in [0.4, 0.5) is 0 Å². The van der Waals surface area contributed by atoms with E-state index in [1.54, 1.807) is 6.26 Å². The second-order valence-corrected chi connectivity index (χ2v) is 7.33. The maximum atomic E-state index is 13.1. The first kappa shape index (κ1) is 15.4. The van der Waals surface area contributed by atoms with Gasteiger partial charge in [0.05, 0.1) is 5.69 Å². The molecule has 2 aromatic rings. The molecule has 4 nitrogen and oxygen atoms in total. The summed E-state index contributed by atoms with van der Waals surface area (Å²) in [5, 5.41) is 0. The topological polar surface area (TPSA) is 46.3 Å². The van der Waals surface area contributed by atoms with E-state index in [0.29, 0.717) is 11.8 Å². The minimum atomic E-state index is 0.00807. The highest BCUT2D eigenvalue weighted by Crippen LogP contribution is 2.36. The van der Waals surface area contributed by atoms with Crippen LogP contribution < -0.4 is 0 Å². The fourth-order valence-electron chi connectivity index (χ4n) is 3.97. The Bertz CT molecular complexity index is 725. The number of nitrogens with zero attached hydrogens (tertiary/aromatic N) is 2. The summed E-state index contributed by atoms with van der Waals surface area (Å²) in [6.07, 6.45) is 5.44. The number of hydrogen-bond acceptors (Lipinski definition) is 3. The zero-order valence-corrected chi connectivity index (χ0v) is 14.4. The molecule has 1 aliphatic heterocycles. The van der Waals surface area contributed by atoms with Crippen molar-refractivity contribution in [3.8, 4) is 0 Å². The number of aromatic nitrogens is 1. The number of rotatable bonds is 3. The summed E-state index contributed by atoms with van der Waals surface area (Å²) < 4.78 is 5.71. The molecule has 0 radical (unpaired) electrons. The third-order valence-corrected chi connectivity index (χ3v) is 5.35. The Morgan fingerprint density at radius 1 is 1.25 bits per heavy atom. The van der Waals surface area contributed by atoms with E-state index in [1.165, 1.54) is 11.1 Å². The van der Waals surface area contributed by atoms with Crippen molar-refractivity contribution in [3.05, 3.63) is 53.2 Å². The fourth-order valence-corrected chi connectivity index (χ4v) is 3.97. The normalized spacial score (nSPS) is 20.8. The zero-order valence-electron chi connectivity index (χ0n) is 14.4. The van der Waals surface area contributed by atoms with Crippen molar-refractivity contribution in [2.45, 2.75) is 51.5 Å². The number of oxazole rings is 1. The van der Waals surface area contributed by atoms with Crippen molar-refractivity contribution >= 4 is 5.91 Å². The van der Waals surface area contributed by atoms with Crippen molar-refractivity contribution in [2.75, 3.05) is 6.54 Å². The minimum Gasteiger partial charge on any atom is -0.446 e. The SMILES string of the molecule is CC(C)c1coc([C@@H]2CCCN2C(=O)C2Cc3ccccc3C2)n1. The Morgan fingerprint density at radius 3 is 2.58 bits per heavy atom. The van der Waals surface area contributed by atoms with Crippen LogP contribution in [0, 0.1) is 5.92 Å². The largest absolute Gasteiger partial charge is 0.446 e. The molecule has 126 valence electrons. The number of likely N-dealkylation sites (tertiary alicyclic amines) is 1. The molecule has 1 saturated heterocycles. The summed E-state index contributed by atoms with van der Waals surface area (Å²) in [5.41, 5.74) is 3.62. The van der Waals surface area contributed by atoms with Crippen LogP contribution in [0.5, 0.6) is 0 Å². The van der Waals surface area contributed by atoms with Crippen molar-refractivity contribution in [1.29, 1.82) is 0 Å². The van der Waals surface area contributed by atoms with Gasteiger partial charge >= 0.3 is 0 Å². The van der Waals surface area contributed by atoms with Gasteiger partial charge in [-0.1, -0.05) is 38.1 Å². The standard InChI is InChI=1S/C20H24N2O2/c1-13(2)17-12-24-19(21-17)18-8-5-9-22(18)20(23)16-10-14-6-3-4-7-15(14)11-16/h3-4,6-7,12-13,16,18H,5,8-11H2,1-2H3/t18-/m0/s1. The average molecular weight is 324 g/mol. The van der Waals surface area contributed by atoms with E-state index in [9.17, 15) is 4.79 Å². The number of benzene rings is 1. The predicted octanol–water partition coefficient (Wildman–Crippen LogP) is 3.88. The van der Waals surface area contributed by atoms with Gasteiger partial charge in [-0.15, -0.1) is 0 Å². The molecule has 1 aromatic heterocycles. The van der Waals surface area contributed by atoms with E-state index in [1.807, 2.05) is 4.90 Å². The zero-order chi connectivity index (χ0) is 16.7. The van der Waals surface area contributed by atoms with E-state index < -0.39 is 0 Å². The molecular formula is C20H24N2O2. The van der Waals surface area contributed by atoms with Gasteiger partial charge in [-0.2, -0.15) is 0 Å². The molecular weight excluding hydrogens is 300 g/mol. The molecule has 0 spiro atoms. The van der Waals surface area contributed by atoms with Gasteiger partial charge in [-0.25, -0.2) is 4.98 Å². The number of fused-ring (bicyclic) bond motifs is 1. The molecule has 0 saturated carbocycles. The molecule has 2 heterocycles. The molecule has 1 fully saturated rings. The van der Waals surface area contributed by atoms with Crippen LogP contribution in [-0.4, -0.2) is 22.3 Å². The summed E-state index contributed by atoms with van der Waals surface area (Å²) in [6.45, 7) is 5.03. The Labute approximate surface area is 142 Å². The van der Waals surface area contributed by atoms with Gasteiger partial charge in [0.2, 0.25) is 11.8 Å². The highest BCUT2D eigenvalue weighted by Gasteiger charge is 2.38. The third-order valence-electron chi connectivity index (χ3n) is 5.35. The van der Waals surface area contributed by atoms with Gasteiger partial charge in [-0.3, -0.25) is 4.79 Å². The highest BCUT2D eigenvalue weighted by atomic mass is 16.3. The molecule has 4 heteroatoms. The lowest BCUT2D eigenvalue weighted by Gasteiger charge is -2.25. The minimum absolute atomic E-state index is 0.00807. The summed E-state index contributed by atoms with van der Waals surface area (Å²) in [6, 6.07) is 8.42. The molecule has 0 N–H and O–H groups in total. The number of carbonyl (C=O) groups excluding carboxylic acids is 1. The first-order valence-electron chi connectivity index (χ1n) is 8.96. The summed E-state index contributed by atoms with van der Waals surface area (Å²) in [5.74, 6) is 1.39. The Morgan fingerprint density at radius 2 is 1.96 bits per heavy atom. The molecule has 2 aliphatic rings. The van der Waals surface area contributed by atoms with Gasteiger partial charge in [-0.05, 0) is 42.7 Å². The van der Waals surface area contributed by atoms with Crippen LogP contribution in [0.2, 0.25) is 0 Å². The third kappa shape index (κ3) is 2.64. The molecule has 24 heavy (non-hydrogen) atoms. The number of carbonyl (C=O) groups is 1. The lowest BCUT2D eigenvalue weighted by Crippen LogP contribution is -2.36. The molecule has 0 bridgehead atoms. The van der Waals surface area contributed by atoms with E-state index in [4.69, 9.17) is 4.42 Å². The number of hydrogen-bond donors (Lipinski definition) is 0. The van der Waals surface area contributed by atoms with Crippen LogP contribution in [0.3, 0.4) is 0 Å². The maximum Gasteiger partial charge on any atom is 0.227 e. The van der Waals surface area contributed by atoms with Crippen LogP contribution in [0.1, 0.15) is 61.4 Å². The van der Waals surface area contributed by atoms with Gasteiger partial charge < -0.3 is 9.32 Å². The smallest absolute Gasteiger partial charge is 0.227 e. The fraction of sp³-hybridized carbons (Fsp3) is 0.500. The van der Waals surface area contributed by atoms with Gasteiger partial charge in [0.25, 0.3) is 0 Å². The molecule has 1 aromatic carbocycles. The molecule has 0 unspecified atom stereocenters. The molecule has 1 aliphatic carbocycles. The Kier molecular flexibility index (Phi) is 3.91. The first-order chi connectivity index (χ1) is 11.6. The number of amides is 1. The van der Waals surface area contributed by atoms with Crippen molar-refractivity contribution in [1.82, 2.24) is 9.88 Å². The van der Waals surface area contributed by atoms with E-state index in [2.05, 4.69) is 43.1 Å². The quantitative estimate of drug-likeness (QED) is 0.861. The van der Waals surface area contributed by atoms with E-state index in [0.717, 1.165) is 37.9 Å². The summed E-state index contributed by atoms with van der Waals surface area (Å²) in [4.78, 5) is 19.7. The second kappa shape index (κ2) is 6.08. The van der Waals surface area contributed by atoms with Crippen LogP contribution in [0.25, 0.3) is 0 Å². The maximum absolute atomic E-state index is 13.1. The average Bonchev–Trinajstić information content (AvgIpc) is 3.30. The molecule has 1 amide bonds. The highest BCUT2D eigenvalue weighted by molar-refractivity contribution is 5.81. The lowest BCUT2D eigenvalue weighted by molar-refractivity contribution is -0.136. The van der Waals surface area contributed by atoms with Crippen molar-refractivity contribution in [3.63, 3.8) is 0 Å². The van der Waals surface area contributed by atoms with Crippen molar-refractivity contribution in [2.24, 2.45) is 5.92 Å². The van der Waals surface area contributed by atoms with Crippen LogP contribution in [-0.2, 0) is 17.6 Å². The second-order valence-electron chi connectivity index (χ2n) is 7.33. The Hall–Kier alpha value is -2.10. The first-order valence-corrected chi connectivity index (χ1v) is 8.96. The van der Waals surface area contributed by atoms with Crippen LogP contribution in [0.15, 0.2) is 34.9 Å². The van der Waals surface area contributed by atoms with Gasteiger partial charge in [0.15, 0.2) is 0 Å². The predicted molar refractivity (Wildman–Crippen MR) is 91.6 cm³/mol. The van der Waals surface area contributed by atoms with E-state index in [-0.39, 0.29) is 17.9 Å². The van der Waals surface area contributed by atoms with Gasteiger partial charge in [0.1, 0.15) is 12.3 Å². The lowest BCUT2D eigenvalue weighted by atomic mass is 10.0. The van der Waals surface area contributed by atoms with Gasteiger partial charge in [0, 0.05) is 12.5 Å². The van der Waals surface area contributed by atoms with E-state index >= 15 is 0 Å². The van der Waals surface area contributed by atoms with Crippen LogP contribution >= 0.6 is 0 Å². The Balaban J connectivity index is 1.51. The van der Waals surface area contributed by atoms with Crippen molar-refractivity contribution < 1.29 is 9.21 Å². The molecule has 1 atom stereocenters. The summed E-state index contributed by atoms with van der Waals surface area (Å²) in [7, 11) is 0.